The SMILES string of the molecule is CCCCC/C=C/C/C=C/C/C=C/CCCCC(=O)O[C@H](COC(=O)CCCC/C=C/CCCCCCCCCCC)CO[C@H]1O[C@H](CS(=O)(=O)O)[C@@H](O)C(O)C1O. The molecule has 1 heterocycles. The molecule has 1 fully saturated rings. The van der Waals surface area contributed by atoms with Crippen molar-refractivity contribution in [3.8, 4) is 0 Å². The van der Waals surface area contributed by atoms with Gasteiger partial charge in [-0.3, -0.25) is 14.1 Å². The smallest absolute Gasteiger partial charge is 0.306 e. The molecular weight excluding hydrogens is 765 g/mol. The van der Waals surface area contributed by atoms with Crippen molar-refractivity contribution in [3.05, 3.63) is 48.6 Å². The zero-order valence-electron chi connectivity index (χ0n) is 35.6. The molecule has 1 rings (SSSR count). The third kappa shape index (κ3) is 29.8. The van der Waals surface area contributed by atoms with Gasteiger partial charge in [-0.2, -0.15) is 8.42 Å². The number of aliphatic hydroxyl groups is 3. The average Bonchev–Trinajstić information content (AvgIpc) is 3.18. The van der Waals surface area contributed by atoms with Gasteiger partial charge in [0.15, 0.2) is 12.4 Å². The lowest BCUT2D eigenvalue weighted by Gasteiger charge is -2.40. The number of hydrogen-bond donors (Lipinski definition) is 4. The van der Waals surface area contributed by atoms with E-state index in [1.54, 1.807) is 0 Å². The minimum Gasteiger partial charge on any atom is -0.462 e. The van der Waals surface area contributed by atoms with E-state index in [2.05, 4.69) is 62.5 Å². The number of unbranched alkanes of at least 4 members (excludes halogenated alkanes) is 16. The van der Waals surface area contributed by atoms with Crippen molar-refractivity contribution < 1.29 is 56.8 Å². The zero-order chi connectivity index (χ0) is 42.7. The molecule has 336 valence electrons. The Morgan fingerprint density at radius 1 is 0.586 bits per heavy atom. The van der Waals surface area contributed by atoms with E-state index in [0.717, 1.165) is 51.4 Å². The van der Waals surface area contributed by atoms with Gasteiger partial charge in [-0.15, -0.1) is 0 Å². The molecular formula is C45H78O12S. The third-order valence-corrected chi connectivity index (χ3v) is 10.6. The fourth-order valence-corrected chi connectivity index (χ4v) is 7.07. The fraction of sp³-hybridized carbons (Fsp3) is 0.778. The normalized spacial score (nSPS) is 20.8. The maximum absolute atomic E-state index is 12.8. The van der Waals surface area contributed by atoms with Crippen molar-refractivity contribution >= 4 is 22.1 Å². The Kier molecular flexibility index (Phi) is 32.7. The molecule has 0 radical (unpaired) electrons. The van der Waals surface area contributed by atoms with Gasteiger partial charge < -0.3 is 34.3 Å². The van der Waals surface area contributed by atoms with Gasteiger partial charge in [0, 0.05) is 12.8 Å². The third-order valence-electron chi connectivity index (χ3n) is 9.88. The molecule has 0 aromatic heterocycles. The average molecular weight is 843 g/mol. The molecule has 0 aromatic carbocycles. The van der Waals surface area contributed by atoms with Crippen molar-refractivity contribution in [1.29, 1.82) is 0 Å². The number of allylic oxidation sites excluding steroid dienone is 8. The van der Waals surface area contributed by atoms with E-state index in [9.17, 15) is 37.9 Å². The van der Waals surface area contributed by atoms with Gasteiger partial charge in [0.2, 0.25) is 0 Å². The first kappa shape index (κ1) is 53.6. The molecule has 0 aliphatic carbocycles. The van der Waals surface area contributed by atoms with E-state index in [1.807, 2.05) is 0 Å². The first-order valence-corrected chi connectivity index (χ1v) is 23.8. The van der Waals surface area contributed by atoms with Crippen LogP contribution < -0.4 is 0 Å². The number of ether oxygens (including phenoxy) is 4. The molecule has 0 amide bonds. The van der Waals surface area contributed by atoms with E-state index in [1.165, 1.54) is 77.0 Å². The lowest BCUT2D eigenvalue weighted by molar-refractivity contribution is -0.297. The highest BCUT2D eigenvalue weighted by Gasteiger charge is 2.46. The van der Waals surface area contributed by atoms with Crippen LogP contribution >= 0.6 is 0 Å². The van der Waals surface area contributed by atoms with Crippen molar-refractivity contribution in [3.63, 3.8) is 0 Å². The Balaban J connectivity index is 2.51. The highest BCUT2D eigenvalue weighted by atomic mass is 32.2. The first-order chi connectivity index (χ1) is 28.0. The van der Waals surface area contributed by atoms with Gasteiger partial charge in [0.05, 0.1) is 6.61 Å². The summed E-state index contributed by atoms with van der Waals surface area (Å²) in [7, 11) is -4.61. The van der Waals surface area contributed by atoms with Crippen LogP contribution in [0, 0.1) is 0 Å². The quantitative estimate of drug-likeness (QED) is 0.0204. The minimum atomic E-state index is -4.61. The van der Waals surface area contributed by atoms with Crippen molar-refractivity contribution in [1.82, 2.24) is 0 Å². The Hall–Kier alpha value is -2.39. The van der Waals surface area contributed by atoms with Crippen LogP contribution in [0.25, 0.3) is 0 Å². The van der Waals surface area contributed by atoms with Crippen molar-refractivity contribution in [2.24, 2.45) is 0 Å². The monoisotopic (exact) mass is 843 g/mol. The first-order valence-electron chi connectivity index (χ1n) is 22.2. The van der Waals surface area contributed by atoms with Crippen molar-refractivity contribution in [2.45, 2.75) is 205 Å². The predicted octanol–water partition coefficient (Wildman–Crippen LogP) is 8.78. The molecule has 0 aromatic rings. The highest BCUT2D eigenvalue weighted by Crippen LogP contribution is 2.24. The molecule has 1 aliphatic rings. The summed E-state index contributed by atoms with van der Waals surface area (Å²) in [5.74, 6) is -2.06. The van der Waals surface area contributed by atoms with E-state index in [4.69, 9.17) is 18.9 Å². The standard InChI is InChI=1S/C45H78O12S/c1-3-5-7-9-11-13-15-17-19-21-23-25-27-29-31-33-40(46)54-35-38(36-55-45-44(50)43(49)42(48)39(57-45)37-58(51,52)53)56-41(47)34-32-30-28-26-24-22-20-18-16-14-12-10-8-6-4-2/h12,14,18,20,23-26,38-39,42-45,48-50H,3-11,13,15-17,19,21-22,27-37H2,1-2H3,(H,51,52,53)/b14-12+,20-18+,25-23+,26-24+/t38-,39-,42-,43?,44?,45+/m1/s1. The van der Waals surface area contributed by atoms with E-state index < -0.39 is 71.2 Å². The van der Waals surface area contributed by atoms with Crippen LogP contribution in [0.3, 0.4) is 0 Å². The van der Waals surface area contributed by atoms with Gasteiger partial charge in [0.25, 0.3) is 10.1 Å². The lowest BCUT2D eigenvalue weighted by Crippen LogP contribution is -2.60. The highest BCUT2D eigenvalue weighted by molar-refractivity contribution is 7.85. The summed E-state index contributed by atoms with van der Waals surface area (Å²) in [5, 5.41) is 30.8. The summed E-state index contributed by atoms with van der Waals surface area (Å²) in [5.41, 5.74) is 0. The molecule has 1 aliphatic heterocycles. The van der Waals surface area contributed by atoms with E-state index in [0.29, 0.717) is 12.8 Å². The molecule has 12 nitrogen and oxygen atoms in total. The number of hydrogen-bond acceptors (Lipinski definition) is 11. The molecule has 13 heteroatoms. The van der Waals surface area contributed by atoms with Gasteiger partial charge in [-0.1, -0.05) is 127 Å². The van der Waals surface area contributed by atoms with Crippen LogP contribution in [0.1, 0.15) is 168 Å². The number of carbonyl (C=O) groups is 2. The van der Waals surface area contributed by atoms with Crippen LogP contribution in [-0.2, 0) is 38.7 Å². The second kappa shape index (κ2) is 35.4. The van der Waals surface area contributed by atoms with Crippen LogP contribution in [0.15, 0.2) is 48.6 Å². The van der Waals surface area contributed by atoms with Gasteiger partial charge in [-0.25, -0.2) is 0 Å². The maximum Gasteiger partial charge on any atom is 0.306 e. The van der Waals surface area contributed by atoms with Crippen LogP contribution in [0.4, 0.5) is 0 Å². The van der Waals surface area contributed by atoms with Gasteiger partial charge >= 0.3 is 11.9 Å². The molecule has 0 saturated carbocycles. The second-order valence-electron chi connectivity index (χ2n) is 15.4. The predicted molar refractivity (Wildman–Crippen MR) is 229 cm³/mol. The largest absolute Gasteiger partial charge is 0.462 e. The Morgan fingerprint density at radius 3 is 1.59 bits per heavy atom. The van der Waals surface area contributed by atoms with E-state index in [-0.39, 0.29) is 19.4 Å². The zero-order valence-corrected chi connectivity index (χ0v) is 36.5. The molecule has 0 bridgehead atoms. The summed E-state index contributed by atoms with van der Waals surface area (Å²) < 4.78 is 53.9. The molecule has 0 spiro atoms. The molecule has 4 N–H and O–H groups in total. The molecule has 2 unspecified atom stereocenters. The summed E-state index contributed by atoms with van der Waals surface area (Å²) in [6, 6.07) is 0. The van der Waals surface area contributed by atoms with Crippen LogP contribution in [-0.4, -0.2) is 96.0 Å². The van der Waals surface area contributed by atoms with Crippen LogP contribution in [0.2, 0.25) is 0 Å². The topological polar surface area (TPSA) is 186 Å². The molecule has 6 atom stereocenters. The number of esters is 2. The minimum absolute atomic E-state index is 0.110. The Morgan fingerprint density at radius 2 is 1.03 bits per heavy atom. The molecule has 58 heavy (non-hydrogen) atoms. The maximum atomic E-state index is 12.8. The summed E-state index contributed by atoms with van der Waals surface area (Å²) >= 11 is 0. The van der Waals surface area contributed by atoms with Crippen molar-refractivity contribution in [2.75, 3.05) is 19.0 Å². The number of rotatable bonds is 36. The van der Waals surface area contributed by atoms with Gasteiger partial charge in [-0.05, 0) is 77.0 Å². The Bertz CT molecular complexity index is 1260. The lowest BCUT2D eigenvalue weighted by atomic mass is 10.00. The van der Waals surface area contributed by atoms with E-state index >= 15 is 0 Å². The molecule has 1 saturated heterocycles. The summed E-state index contributed by atoms with van der Waals surface area (Å²) in [6.45, 7) is 3.67. The Labute approximate surface area is 350 Å². The summed E-state index contributed by atoms with van der Waals surface area (Å²) in [6.07, 6.45) is 31.6. The van der Waals surface area contributed by atoms with Gasteiger partial charge in [0.1, 0.15) is 36.8 Å². The summed E-state index contributed by atoms with van der Waals surface area (Å²) in [4.78, 5) is 25.3. The second-order valence-corrected chi connectivity index (χ2v) is 16.9. The van der Waals surface area contributed by atoms with Crippen LogP contribution in [0.5, 0.6) is 0 Å². The fourth-order valence-electron chi connectivity index (χ4n) is 6.38. The number of carbonyl (C=O) groups excluding carboxylic acids is 2. The number of aliphatic hydroxyl groups excluding tert-OH is 3.